The molecule has 2 aromatic rings. The fourth-order valence-electron chi connectivity index (χ4n) is 1.87. The molecule has 0 aromatic heterocycles. The third-order valence-corrected chi connectivity index (χ3v) is 3.32. The van der Waals surface area contributed by atoms with Gasteiger partial charge < -0.3 is 10.1 Å². The molecule has 1 N–H and O–H groups in total. The second kappa shape index (κ2) is 7.34. The number of rotatable bonds is 5. The van der Waals surface area contributed by atoms with Gasteiger partial charge in [-0.15, -0.1) is 0 Å². The van der Waals surface area contributed by atoms with Crippen LogP contribution in [-0.2, 0) is 4.79 Å². The topological polar surface area (TPSA) is 38.3 Å². The lowest BCUT2D eigenvalue weighted by Gasteiger charge is -2.14. The SMILES string of the molecule is C[C@@H](NC(=O)COc1cc(Cl)cc(Cl)c1)c1ccccc1. The molecule has 110 valence electrons. The molecule has 0 fully saturated rings. The molecule has 0 spiro atoms. The average molecular weight is 324 g/mol. The Morgan fingerprint density at radius 3 is 2.38 bits per heavy atom. The van der Waals surface area contributed by atoms with E-state index in [0.717, 1.165) is 5.56 Å². The Hall–Kier alpha value is -1.71. The van der Waals surface area contributed by atoms with E-state index in [1.165, 1.54) is 0 Å². The molecule has 0 aliphatic carbocycles. The van der Waals surface area contributed by atoms with Crippen LogP contribution in [0.15, 0.2) is 48.5 Å². The van der Waals surface area contributed by atoms with E-state index in [1.54, 1.807) is 18.2 Å². The number of benzene rings is 2. The monoisotopic (exact) mass is 323 g/mol. The third-order valence-electron chi connectivity index (χ3n) is 2.88. The van der Waals surface area contributed by atoms with Gasteiger partial charge in [0.1, 0.15) is 5.75 Å². The van der Waals surface area contributed by atoms with Crippen LogP contribution in [-0.4, -0.2) is 12.5 Å². The molecule has 0 aliphatic rings. The largest absolute Gasteiger partial charge is 0.484 e. The molecule has 21 heavy (non-hydrogen) atoms. The summed E-state index contributed by atoms with van der Waals surface area (Å²) < 4.78 is 5.39. The van der Waals surface area contributed by atoms with Crippen molar-refractivity contribution in [2.75, 3.05) is 6.61 Å². The smallest absolute Gasteiger partial charge is 0.258 e. The van der Waals surface area contributed by atoms with E-state index in [4.69, 9.17) is 27.9 Å². The Kier molecular flexibility index (Phi) is 5.48. The Labute approximate surface area is 133 Å². The summed E-state index contributed by atoms with van der Waals surface area (Å²) >= 11 is 11.7. The van der Waals surface area contributed by atoms with E-state index in [0.29, 0.717) is 15.8 Å². The van der Waals surface area contributed by atoms with E-state index < -0.39 is 0 Å². The lowest BCUT2D eigenvalue weighted by atomic mass is 10.1. The fourth-order valence-corrected chi connectivity index (χ4v) is 2.37. The molecular formula is C16H15Cl2NO2. The molecule has 0 bridgehead atoms. The van der Waals surface area contributed by atoms with Gasteiger partial charge in [0, 0.05) is 10.0 Å². The minimum absolute atomic E-state index is 0.0785. The fraction of sp³-hybridized carbons (Fsp3) is 0.188. The zero-order valence-electron chi connectivity index (χ0n) is 11.5. The van der Waals surface area contributed by atoms with E-state index in [9.17, 15) is 4.79 Å². The summed E-state index contributed by atoms with van der Waals surface area (Å²) in [5, 5.41) is 3.80. The normalized spacial score (nSPS) is 11.8. The first-order valence-corrected chi connectivity index (χ1v) is 7.23. The van der Waals surface area contributed by atoms with Crippen molar-refractivity contribution >= 4 is 29.1 Å². The van der Waals surface area contributed by atoms with Gasteiger partial charge in [-0.2, -0.15) is 0 Å². The van der Waals surface area contributed by atoms with Gasteiger partial charge in [-0.3, -0.25) is 4.79 Å². The van der Waals surface area contributed by atoms with Crippen molar-refractivity contribution in [2.45, 2.75) is 13.0 Å². The van der Waals surface area contributed by atoms with Crippen molar-refractivity contribution in [1.82, 2.24) is 5.32 Å². The third kappa shape index (κ3) is 4.96. The van der Waals surface area contributed by atoms with Gasteiger partial charge in [0.2, 0.25) is 0 Å². The van der Waals surface area contributed by atoms with E-state index in [1.807, 2.05) is 37.3 Å². The highest BCUT2D eigenvalue weighted by Gasteiger charge is 2.10. The number of ether oxygens (including phenoxy) is 1. The molecule has 0 saturated heterocycles. The molecule has 2 rings (SSSR count). The van der Waals surface area contributed by atoms with Gasteiger partial charge in [-0.05, 0) is 30.7 Å². The Morgan fingerprint density at radius 2 is 1.76 bits per heavy atom. The first-order chi connectivity index (χ1) is 10.0. The number of nitrogens with one attached hydrogen (secondary N) is 1. The van der Waals surface area contributed by atoms with Gasteiger partial charge in [0.15, 0.2) is 6.61 Å². The lowest BCUT2D eigenvalue weighted by molar-refractivity contribution is -0.123. The van der Waals surface area contributed by atoms with Crippen LogP contribution in [0.5, 0.6) is 5.75 Å². The van der Waals surface area contributed by atoms with Gasteiger partial charge in [0.25, 0.3) is 5.91 Å². The summed E-state index contributed by atoms with van der Waals surface area (Å²) in [5.74, 6) is 0.262. The van der Waals surface area contributed by atoms with Crippen LogP contribution >= 0.6 is 23.2 Å². The Bertz CT molecular complexity index is 597. The zero-order valence-corrected chi connectivity index (χ0v) is 13.0. The summed E-state index contributed by atoms with van der Waals surface area (Å²) in [5.41, 5.74) is 1.04. The zero-order chi connectivity index (χ0) is 15.2. The van der Waals surface area contributed by atoms with E-state index in [2.05, 4.69) is 5.32 Å². The van der Waals surface area contributed by atoms with Crippen LogP contribution in [0.2, 0.25) is 10.0 Å². The summed E-state index contributed by atoms with van der Waals surface area (Å²) in [6.07, 6.45) is 0. The molecule has 2 aromatic carbocycles. The maximum absolute atomic E-state index is 11.9. The quantitative estimate of drug-likeness (QED) is 0.893. The first-order valence-electron chi connectivity index (χ1n) is 6.48. The van der Waals surface area contributed by atoms with Gasteiger partial charge in [-0.25, -0.2) is 0 Å². The highest BCUT2D eigenvalue weighted by molar-refractivity contribution is 6.34. The predicted molar refractivity (Wildman–Crippen MR) is 85.0 cm³/mol. The average Bonchev–Trinajstić information content (AvgIpc) is 2.45. The number of halogens is 2. The van der Waals surface area contributed by atoms with Crippen molar-refractivity contribution < 1.29 is 9.53 Å². The minimum atomic E-state index is -0.206. The van der Waals surface area contributed by atoms with Crippen LogP contribution in [0.3, 0.4) is 0 Å². The molecule has 1 atom stereocenters. The number of amides is 1. The van der Waals surface area contributed by atoms with Crippen molar-refractivity contribution in [3.63, 3.8) is 0 Å². The van der Waals surface area contributed by atoms with Crippen molar-refractivity contribution in [3.05, 3.63) is 64.1 Å². The van der Waals surface area contributed by atoms with Crippen LogP contribution in [0.25, 0.3) is 0 Å². The van der Waals surface area contributed by atoms with Crippen LogP contribution < -0.4 is 10.1 Å². The predicted octanol–water partition coefficient (Wildman–Crippen LogP) is 4.25. The summed E-state index contributed by atoms with van der Waals surface area (Å²) in [6, 6.07) is 14.5. The highest BCUT2D eigenvalue weighted by Crippen LogP contribution is 2.24. The minimum Gasteiger partial charge on any atom is -0.484 e. The van der Waals surface area contributed by atoms with Crippen molar-refractivity contribution in [1.29, 1.82) is 0 Å². The van der Waals surface area contributed by atoms with Crippen molar-refractivity contribution in [2.24, 2.45) is 0 Å². The number of hydrogen-bond donors (Lipinski definition) is 1. The maximum Gasteiger partial charge on any atom is 0.258 e. The van der Waals surface area contributed by atoms with Gasteiger partial charge in [-0.1, -0.05) is 53.5 Å². The standard InChI is InChI=1S/C16H15Cl2NO2/c1-11(12-5-3-2-4-6-12)19-16(20)10-21-15-8-13(17)7-14(18)9-15/h2-9,11H,10H2,1H3,(H,19,20)/t11-/m1/s1. The first kappa shape index (κ1) is 15.7. The number of hydrogen-bond acceptors (Lipinski definition) is 2. The van der Waals surface area contributed by atoms with E-state index in [-0.39, 0.29) is 18.6 Å². The summed E-state index contributed by atoms with van der Waals surface area (Å²) in [4.78, 5) is 11.9. The molecule has 0 heterocycles. The number of carbonyl (C=O) groups excluding carboxylic acids is 1. The van der Waals surface area contributed by atoms with Crippen LogP contribution in [0.4, 0.5) is 0 Å². The summed E-state index contributed by atoms with van der Waals surface area (Å²) in [7, 11) is 0. The molecule has 0 saturated carbocycles. The second-order valence-corrected chi connectivity index (χ2v) is 5.47. The van der Waals surface area contributed by atoms with Crippen LogP contribution in [0.1, 0.15) is 18.5 Å². The molecule has 3 nitrogen and oxygen atoms in total. The number of carbonyl (C=O) groups is 1. The van der Waals surface area contributed by atoms with E-state index >= 15 is 0 Å². The molecular weight excluding hydrogens is 309 g/mol. The highest BCUT2D eigenvalue weighted by atomic mass is 35.5. The maximum atomic E-state index is 11.9. The Balaban J connectivity index is 1.87. The second-order valence-electron chi connectivity index (χ2n) is 4.59. The molecule has 0 aliphatic heterocycles. The van der Waals surface area contributed by atoms with Crippen LogP contribution in [0, 0.1) is 0 Å². The van der Waals surface area contributed by atoms with Crippen molar-refractivity contribution in [3.8, 4) is 5.75 Å². The lowest BCUT2D eigenvalue weighted by Crippen LogP contribution is -2.31. The Morgan fingerprint density at radius 1 is 1.14 bits per heavy atom. The summed E-state index contributed by atoms with van der Waals surface area (Å²) in [6.45, 7) is 1.83. The molecule has 5 heteroatoms. The molecule has 0 radical (unpaired) electrons. The molecule has 1 amide bonds. The van der Waals surface area contributed by atoms with Gasteiger partial charge >= 0.3 is 0 Å². The molecule has 0 unspecified atom stereocenters. The van der Waals surface area contributed by atoms with Gasteiger partial charge in [0.05, 0.1) is 6.04 Å².